The fourth-order valence-electron chi connectivity index (χ4n) is 4.63. The third kappa shape index (κ3) is 6.21. The monoisotopic (exact) mass is 390 g/mol. The summed E-state index contributed by atoms with van der Waals surface area (Å²) in [7, 11) is -3.08. The Morgan fingerprint density at radius 1 is 0.885 bits per heavy atom. The molecular formula is C23H42OSi2. The van der Waals surface area contributed by atoms with Crippen LogP contribution in [0.4, 0.5) is 0 Å². The molecule has 1 atom stereocenters. The van der Waals surface area contributed by atoms with Gasteiger partial charge in [0, 0.05) is 8.07 Å². The van der Waals surface area contributed by atoms with Crippen LogP contribution in [0.5, 0.6) is 0 Å². The van der Waals surface area contributed by atoms with Crippen LogP contribution in [0.15, 0.2) is 42.5 Å². The van der Waals surface area contributed by atoms with Crippen LogP contribution < -0.4 is 0 Å². The molecule has 0 spiro atoms. The molecule has 0 heterocycles. The molecule has 1 nitrogen and oxygen atoms in total. The summed E-state index contributed by atoms with van der Waals surface area (Å²) < 4.78 is 7.19. The van der Waals surface area contributed by atoms with Crippen LogP contribution in [0.3, 0.4) is 0 Å². The second kappa shape index (κ2) is 9.52. The van der Waals surface area contributed by atoms with Crippen LogP contribution in [0.1, 0.15) is 59.6 Å². The van der Waals surface area contributed by atoms with E-state index in [1.165, 1.54) is 17.2 Å². The summed E-state index contributed by atoms with van der Waals surface area (Å²) in [5.74, 6) is 0. The summed E-state index contributed by atoms with van der Waals surface area (Å²) in [6, 6.07) is 12.0. The summed E-state index contributed by atoms with van der Waals surface area (Å²) in [6.07, 6.45) is 1.09. The van der Waals surface area contributed by atoms with Crippen LogP contribution in [0, 0.1) is 0 Å². The van der Waals surface area contributed by atoms with E-state index in [2.05, 4.69) is 98.1 Å². The highest BCUT2D eigenvalue weighted by molar-refractivity contribution is 6.77. The van der Waals surface area contributed by atoms with Crippen molar-refractivity contribution in [3.63, 3.8) is 0 Å². The minimum atomic E-state index is -1.93. The van der Waals surface area contributed by atoms with Crippen molar-refractivity contribution in [3.8, 4) is 0 Å². The third-order valence-electron chi connectivity index (χ3n) is 5.48. The Morgan fingerprint density at radius 3 is 1.73 bits per heavy atom. The maximum atomic E-state index is 7.19. The predicted molar refractivity (Wildman–Crippen MR) is 123 cm³/mol. The largest absolute Gasteiger partial charge is 0.409 e. The van der Waals surface area contributed by atoms with Crippen LogP contribution >= 0.6 is 0 Å². The van der Waals surface area contributed by atoms with Crippen molar-refractivity contribution < 1.29 is 4.43 Å². The van der Waals surface area contributed by atoms with Gasteiger partial charge >= 0.3 is 0 Å². The lowest BCUT2D eigenvalue weighted by molar-refractivity contribution is 0.176. The van der Waals surface area contributed by atoms with E-state index in [1.807, 2.05) is 0 Å². The molecule has 0 aliphatic carbocycles. The first-order valence-corrected chi connectivity index (χ1v) is 16.1. The summed E-state index contributed by atoms with van der Waals surface area (Å²) in [6.45, 7) is 25.9. The first-order valence-electron chi connectivity index (χ1n) is 10.3. The van der Waals surface area contributed by atoms with Crippen LogP contribution in [-0.2, 0) is 4.43 Å². The molecule has 3 heteroatoms. The molecule has 0 aliphatic rings. The first kappa shape index (κ1) is 23.4. The Bertz CT molecular complexity index is 534. The van der Waals surface area contributed by atoms with Crippen molar-refractivity contribution in [2.45, 2.75) is 96.4 Å². The van der Waals surface area contributed by atoms with Crippen molar-refractivity contribution >= 4 is 16.4 Å². The summed E-state index contributed by atoms with van der Waals surface area (Å²) in [5.41, 5.74) is 4.46. The van der Waals surface area contributed by atoms with Gasteiger partial charge in [-0.05, 0) is 34.7 Å². The van der Waals surface area contributed by atoms with E-state index in [4.69, 9.17) is 4.43 Å². The first-order chi connectivity index (χ1) is 11.9. The van der Waals surface area contributed by atoms with Gasteiger partial charge in [-0.1, -0.05) is 97.1 Å². The van der Waals surface area contributed by atoms with E-state index in [0.29, 0.717) is 16.6 Å². The number of benzene rings is 1. The molecule has 1 unspecified atom stereocenters. The van der Waals surface area contributed by atoms with Crippen LogP contribution in [0.2, 0.25) is 42.3 Å². The minimum Gasteiger partial charge on any atom is -0.409 e. The summed E-state index contributed by atoms with van der Waals surface area (Å²) in [5, 5.41) is 0. The van der Waals surface area contributed by atoms with Crippen LogP contribution in [-0.4, -0.2) is 16.4 Å². The van der Waals surface area contributed by atoms with Gasteiger partial charge in [-0.2, -0.15) is 0 Å². The van der Waals surface area contributed by atoms with Gasteiger partial charge in [0.15, 0.2) is 0 Å². The Kier molecular flexibility index (Phi) is 8.57. The fraction of sp³-hybridized carbons (Fsp3) is 0.652. The van der Waals surface area contributed by atoms with Gasteiger partial charge in [0.05, 0.1) is 6.10 Å². The van der Waals surface area contributed by atoms with Gasteiger partial charge in [0.2, 0.25) is 8.32 Å². The molecule has 1 aromatic rings. The van der Waals surface area contributed by atoms with E-state index in [1.54, 1.807) is 0 Å². The molecule has 1 rings (SSSR count). The SMILES string of the molecule is C=C(CC(O[Si](C(C)C)(C(C)C)C(C)C)c1ccccc1)C[Si](C)(C)C. The zero-order chi connectivity index (χ0) is 20.1. The van der Waals surface area contributed by atoms with E-state index < -0.39 is 16.4 Å². The lowest BCUT2D eigenvalue weighted by atomic mass is 10.0. The van der Waals surface area contributed by atoms with Crippen molar-refractivity contribution in [1.29, 1.82) is 0 Å². The zero-order valence-electron chi connectivity index (χ0n) is 18.7. The standard InChI is InChI=1S/C23H42OSi2/c1-18(2)26(19(3)4,20(5)6)24-23(22-14-12-11-13-15-22)16-21(7)17-25(8,9)10/h11-15,18-20,23H,7,16-17H2,1-6,8-10H3. The van der Waals surface area contributed by atoms with E-state index in [9.17, 15) is 0 Å². The molecule has 0 bridgehead atoms. The molecule has 0 amide bonds. The highest BCUT2D eigenvalue weighted by Crippen LogP contribution is 2.46. The summed E-state index contributed by atoms with van der Waals surface area (Å²) in [4.78, 5) is 0. The quantitative estimate of drug-likeness (QED) is 0.289. The topological polar surface area (TPSA) is 9.23 Å². The zero-order valence-corrected chi connectivity index (χ0v) is 20.7. The molecule has 0 saturated heterocycles. The van der Waals surface area contributed by atoms with Gasteiger partial charge in [-0.15, -0.1) is 6.58 Å². The molecule has 1 aromatic carbocycles. The fourth-order valence-corrected chi connectivity index (χ4v) is 11.8. The number of rotatable bonds is 10. The van der Waals surface area contributed by atoms with Crippen molar-refractivity contribution in [2.24, 2.45) is 0 Å². The minimum absolute atomic E-state index is 0.138. The maximum absolute atomic E-state index is 7.19. The second-order valence-corrected chi connectivity index (χ2v) is 20.9. The lowest BCUT2D eigenvalue weighted by Gasteiger charge is -2.45. The molecule has 0 aromatic heterocycles. The van der Waals surface area contributed by atoms with E-state index >= 15 is 0 Å². The Labute approximate surface area is 165 Å². The van der Waals surface area contributed by atoms with Crippen LogP contribution in [0.25, 0.3) is 0 Å². The van der Waals surface area contributed by atoms with Gasteiger partial charge < -0.3 is 4.43 Å². The van der Waals surface area contributed by atoms with Gasteiger partial charge in [-0.25, -0.2) is 0 Å². The third-order valence-corrected chi connectivity index (χ3v) is 13.1. The lowest BCUT2D eigenvalue weighted by Crippen LogP contribution is -2.48. The molecule has 0 radical (unpaired) electrons. The van der Waals surface area contributed by atoms with Crippen molar-refractivity contribution in [2.75, 3.05) is 0 Å². The smallest absolute Gasteiger partial charge is 0.201 e. The molecule has 26 heavy (non-hydrogen) atoms. The summed E-state index contributed by atoms with van der Waals surface area (Å²) >= 11 is 0. The molecule has 0 N–H and O–H groups in total. The molecule has 0 saturated carbocycles. The predicted octanol–water partition coefficient (Wildman–Crippen LogP) is 8.20. The number of hydrogen-bond donors (Lipinski definition) is 0. The highest BCUT2D eigenvalue weighted by atomic mass is 28.4. The highest BCUT2D eigenvalue weighted by Gasteiger charge is 2.46. The average Bonchev–Trinajstić information content (AvgIpc) is 2.49. The second-order valence-electron chi connectivity index (χ2n) is 10.0. The van der Waals surface area contributed by atoms with Gasteiger partial charge in [-0.3, -0.25) is 0 Å². The molecule has 0 aliphatic heterocycles. The Morgan fingerprint density at radius 2 is 1.35 bits per heavy atom. The maximum Gasteiger partial charge on any atom is 0.201 e. The molecular weight excluding hydrogens is 348 g/mol. The van der Waals surface area contributed by atoms with Gasteiger partial charge in [0.25, 0.3) is 0 Å². The Balaban J connectivity index is 3.22. The molecule has 0 fully saturated rings. The van der Waals surface area contributed by atoms with Gasteiger partial charge in [0.1, 0.15) is 0 Å². The van der Waals surface area contributed by atoms with Crippen molar-refractivity contribution in [1.82, 2.24) is 0 Å². The van der Waals surface area contributed by atoms with Crippen molar-refractivity contribution in [3.05, 3.63) is 48.0 Å². The van der Waals surface area contributed by atoms with E-state index in [-0.39, 0.29) is 6.10 Å². The number of hydrogen-bond acceptors (Lipinski definition) is 1. The average molecular weight is 391 g/mol. The normalized spacial score (nSPS) is 14.3. The molecule has 148 valence electrons. The Hall–Kier alpha value is -0.646. The van der Waals surface area contributed by atoms with E-state index in [0.717, 1.165) is 6.42 Å².